The SMILES string of the molecule is COc1ccc(C2C(C(=O)Nc3ccccc3OC)C(C)Nc3ncnn32)cc1. The number of ether oxygens (including phenoxy) is 2. The highest BCUT2D eigenvalue weighted by atomic mass is 16.5. The zero-order valence-electron chi connectivity index (χ0n) is 16.5. The number of benzene rings is 2. The van der Waals surface area contributed by atoms with E-state index in [0.717, 1.165) is 11.3 Å². The number of hydrogen-bond donors (Lipinski definition) is 2. The van der Waals surface area contributed by atoms with Crippen molar-refractivity contribution in [3.8, 4) is 11.5 Å². The topological polar surface area (TPSA) is 90.3 Å². The molecular formula is C21H23N5O3. The summed E-state index contributed by atoms with van der Waals surface area (Å²) in [7, 11) is 3.21. The number of nitrogens with zero attached hydrogens (tertiary/aromatic N) is 3. The van der Waals surface area contributed by atoms with Crippen molar-refractivity contribution in [3.63, 3.8) is 0 Å². The van der Waals surface area contributed by atoms with Crippen molar-refractivity contribution in [1.82, 2.24) is 14.8 Å². The third-order valence-electron chi connectivity index (χ3n) is 5.20. The van der Waals surface area contributed by atoms with Crippen molar-refractivity contribution < 1.29 is 14.3 Å². The third kappa shape index (κ3) is 3.49. The van der Waals surface area contributed by atoms with Gasteiger partial charge >= 0.3 is 0 Å². The maximum atomic E-state index is 13.4. The van der Waals surface area contributed by atoms with Gasteiger partial charge in [-0.05, 0) is 36.8 Å². The Bertz CT molecular complexity index is 1000. The molecule has 0 bridgehead atoms. The largest absolute Gasteiger partial charge is 0.497 e. The van der Waals surface area contributed by atoms with Crippen LogP contribution in [0.1, 0.15) is 18.5 Å². The Morgan fingerprint density at radius 1 is 1.10 bits per heavy atom. The molecule has 3 aromatic rings. The molecule has 1 aliphatic heterocycles. The van der Waals surface area contributed by atoms with Crippen LogP contribution in [-0.4, -0.2) is 40.9 Å². The second-order valence-electron chi connectivity index (χ2n) is 6.89. The molecule has 1 aromatic heterocycles. The second kappa shape index (κ2) is 7.83. The fourth-order valence-electron chi connectivity index (χ4n) is 3.76. The monoisotopic (exact) mass is 393 g/mol. The minimum absolute atomic E-state index is 0.128. The molecule has 2 heterocycles. The molecule has 0 radical (unpaired) electrons. The van der Waals surface area contributed by atoms with Crippen molar-refractivity contribution >= 4 is 17.5 Å². The first-order valence-electron chi connectivity index (χ1n) is 9.36. The number of carbonyl (C=O) groups excluding carboxylic acids is 1. The molecule has 2 aromatic carbocycles. The summed E-state index contributed by atoms with van der Waals surface area (Å²) >= 11 is 0. The van der Waals surface area contributed by atoms with Gasteiger partial charge in [-0.25, -0.2) is 4.68 Å². The average Bonchev–Trinajstić information content (AvgIpc) is 3.21. The first kappa shape index (κ1) is 18.8. The highest BCUT2D eigenvalue weighted by Gasteiger charge is 2.41. The van der Waals surface area contributed by atoms with Crippen LogP contribution in [0, 0.1) is 5.92 Å². The van der Waals surface area contributed by atoms with E-state index in [4.69, 9.17) is 9.47 Å². The van der Waals surface area contributed by atoms with Crippen LogP contribution in [0.3, 0.4) is 0 Å². The molecule has 0 aliphatic carbocycles. The zero-order valence-corrected chi connectivity index (χ0v) is 16.5. The summed E-state index contributed by atoms with van der Waals surface area (Å²) < 4.78 is 12.4. The van der Waals surface area contributed by atoms with Crippen molar-refractivity contribution in [2.45, 2.75) is 19.0 Å². The zero-order chi connectivity index (χ0) is 20.4. The van der Waals surface area contributed by atoms with Gasteiger partial charge in [-0.3, -0.25) is 4.79 Å². The Labute approximate surface area is 168 Å². The first-order valence-corrected chi connectivity index (χ1v) is 9.36. The maximum absolute atomic E-state index is 13.4. The molecule has 0 saturated heterocycles. The number of hydrogen-bond acceptors (Lipinski definition) is 6. The molecule has 0 spiro atoms. The Morgan fingerprint density at radius 3 is 2.59 bits per heavy atom. The van der Waals surface area contributed by atoms with Crippen LogP contribution in [0.4, 0.5) is 11.6 Å². The molecule has 1 amide bonds. The van der Waals surface area contributed by atoms with E-state index in [-0.39, 0.29) is 18.0 Å². The van der Waals surface area contributed by atoms with Crippen LogP contribution >= 0.6 is 0 Å². The third-order valence-corrected chi connectivity index (χ3v) is 5.20. The summed E-state index contributed by atoms with van der Waals surface area (Å²) in [5.74, 6) is 1.45. The number of amides is 1. The van der Waals surface area contributed by atoms with E-state index in [2.05, 4.69) is 20.7 Å². The number of carbonyl (C=O) groups is 1. The average molecular weight is 393 g/mol. The van der Waals surface area contributed by atoms with Crippen molar-refractivity contribution in [2.24, 2.45) is 5.92 Å². The van der Waals surface area contributed by atoms with Crippen molar-refractivity contribution in [3.05, 3.63) is 60.4 Å². The minimum atomic E-state index is -0.428. The molecule has 4 rings (SSSR count). The van der Waals surface area contributed by atoms with Crippen molar-refractivity contribution in [2.75, 3.05) is 24.9 Å². The summed E-state index contributed by atoms with van der Waals surface area (Å²) in [5.41, 5.74) is 1.58. The van der Waals surface area contributed by atoms with Gasteiger partial charge in [-0.1, -0.05) is 24.3 Å². The summed E-state index contributed by atoms with van der Waals surface area (Å²) in [4.78, 5) is 17.7. The Kier molecular flexibility index (Phi) is 5.07. The summed E-state index contributed by atoms with van der Waals surface area (Å²) in [6.45, 7) is 1.97. The normalized spacial score (nSPS) is 20.3. The van der Waals surface area contributed by atoms with Crippen LogP contribution in [0.25, 0.3) is 0 Å². The first-order chi connectivity index (χ1) is 14.1. The fourth-order valence-corrected chi connectivity index (χ4v) is 3.76. The minimum Gasteiger partial charge on any atom is -0.497 e. The molecule has 1 aliphatic rings. The van der Waals surface area contributed by atoms with Gasteiger partial charge in [0, 0.05) is 6.04 Å². The molecule has 3 unspecified atom stereocenters. The van der Waals surface area contributed by atoms with Gasteiger partial charge in [0.15, 0.2) is 0 Å². The highest BCUT2D eigenvalue weighted by molar-refractivity contribution is 5.95. The molecule has 0 fully saturated rings. The molecule has 0 saturated carbocycles. The lowest BCUT2D eigenvalue weighted by Gasteiger charge is -2.37. The van der Waals surface area contributed by atoms with E-state index in [1.54, 1.807) is 18.9 Å². The lowest BCUT2D eigenvalue weighted by atomic mass is 9.85. The summed E-state index contributed by atoms with van der Waals surface area (Å²) in [6.07, 6.45) is 1.49. The number of nitrogens with one attached hydrogen (secondary N) is 2. The lowest BCUT2D eigenvalue weighted by molar-refractivity contribution is -0.121. The molecular weight excluding hydrogens is 370 g/mol. The van der Waals surface area contributed by atoms with Gasteiger partial charge in [0.2, 0.25) is 11.9 Å². The van der Waals surface area contributed by atoms with Crippen LogP contribution in [0.5, 0.6) is 11.5 Å². The molecule has 8 heteroatoms. The van der Waals surface area contributed by atoms with Crippen LogP contribution in [0.15, 0.2) is 54.9 Å². The predicted octanol–water partition coefficient (Wildman–Crippen LogP) is 2.95. The van der Waals surface area contributed by atoms with Crippen LogP contribution in [-0.2, 0) is 4.79 Å². The number of methoxy groups -OCH3 is 2. The van der Waals surface area contributed by atoms with Gasteiger partial charge in [0.1, 0.15) is 17.8 Å². The Balaban J connectivity index is 1.71. The number of aromatic nitrogens is 3. The quantitative estimate of drug-likeness (QED) is 0.693. The molecule has 8 nitrogen and oxygen atoms in total. The molecule has 150 valence electrons. The van der Waals surface area contributed by atoms with E-state index in [1.165, 1.54) is 6.33 Å². The Morgan fingerprint density at radius 2 is 1.86 bits per heavy atom. The van der Waals surface area contributed by atoms with Crippen molar-refractivity contribution in [1.29, 1.82) is 0 Å². The summed E-state index contributed by atoms with van der Waals surface area (Å²) in [6, 6.07) is 14.6. The van der Waals surface area contributed by atoms with E-state index < -0.39 is 5.92 Å². The van der Waals surface area contributed by atoms with E-state index >= 15 is 0 Å². The van der Waals surface area contributed by atoms with Crippen LogP contribution in [0.2, 0.25) is 0 Å². The number of rotatable bonds is 5. The van der Waals surface area contributed by atoms with E-state index in [1.807, 2.05) is 55.5 Å². The molecule has 29 heavy (non-hydrogen) atoms. The smallest absolute Gasteiger partial charge is 0.232 e. The Hall–Kier alpha value is -3.55. The fraction of sp³-hybridized carbons (Fsp3) is 0.286. The number of anilines is 2. The second-order valence-corrected chi connectivity index (χ2v) is 6.89. The van der Waals surface area contributed by atoms with E-state index in [0.29, 0.717) is 17.4 Å². The lowest BCUT2D eigenvalue weighted by Crippen LogP contribution is -2.46. The van der Waals surface area contributed by atoms with Gasteiger partial charge in [0.25, 0.3) is 0 Å². The number of para-hydroxylation sites is 2. The van der Waals surface area contributed by atoms with E-state index in [9.17, 15) is 4.79 Å². The van der Waals surface area contributed by atoms with Gasteiger partial charge in [0.05, 0.1) is 31.9 Å². The maximum Gasteiger partial charge on any atom is 0.232 e. The van der Waals surface area contributed by atoms with Gasteiger partial charge in [-0.15, -0.1) is 0 Å². The standard InChI is InChI=1S/C21H23N5O3/c1-13-18(20(27)25-16-6-4-5-7-17(16)29-3)19(26-21(24-13)22-12-23-26)14-8-10-15(28-2)11-9-14/h4-13,18-19H,1-3H3,(H,25,27)(H,22,23,24). The highest BCUT2D eigenvalue weighted by Crippen LogP contribution is 2.37. The molecule has 3 atom stereocenters. The number of fused-ring (bicyclic) bond motifs is 1. The van der Waals surface area contributed by atoms with Gasteiger partial charge in [-0.2, -0.15) is 10.1 Å². The summed E-state index contributed by atoms with van der Waals surface area (Å²) in [5, 5.41) is 10.7. The molecule has 2 N–H and O–H groups in total. The van der Waals surface area contributed by atoms with Gasteiger partial charge < -0.3 is 20.1 Å². The van der Waals surface area contributed by atoms with Crippen LogP contribution < -0.4 is 20.1 Å². The predicted molar refractivity (Wildman–Crippen MR) is 109 cm³/mol.